The number of aromatic nitrogens is 2. The van der Waals surface area contributed by atoms with Crippen molar-refractivity contribution in [1.29, 1.82) is 0 Å². The van der Waals surface area contributed by atoms with Crippen LogP contribution >= 0.6 is 0 Å². The third-order valence-electron chi connectivity index (χ3n) is 5.44. The van der Waals surface area contributed by atoms with Gasteiger partial charge in [-0.15, -0.1) is 0 Å². The van der Waals surface area contributed by atoms with E-state index in [1.165, 1.54) is 9.58 Å². The van der Waals surface area contributed by atoms with Crippen molar-refractivity contribution in [2.24, 2.45) is 0 Å². The van der Waals surface area contributed by atoms with E-state index in [1.807, 2.05) is 0 Å². The van der Waals surface area contributed by atoms with Gasteiger partial charge >= 0.3 is 21.7 Å². The van der Waals surface area contributed by atoms with Gasteiger partial charge in [-0.05, 0) is 47.0 Å². The number of carbonyl (C=O) groups excluding carboxylic acids is 1. The van der Waals surface area contributed by atoms with Crippen molar-refractivity contribution < 1.29 is 35.3 Å². The van der Waals surface area contributed by atoms with Crippen molar-refractivity contribution in [1.82, 2.24) is 14.7 Å². The van der Waals surface area contributed by atoms with Crippen LogP contribution in [-0.2, 0) is 27.7 Å². The lowest BCUT2D eigenvalue weighted by atomic mass is 10.1. The number of fused-ring (bicyclic) bond motifs is 1. The number of nitrogens with zero attached hydrogens (tertiary/aromatic N) is 3. The van der Waals surface area contributed by atoms with E-state index in [0.29, 0.717) is 18.5 Å². The molecule has 12 heteroatoms. The molecular weight excluding hydrogens is 439 g/mol. The second-order valence-corrected chi connectivity index (χ2v) is 10.6. The average molecular weight is 468 g/mol. The minimum atomic E-state index is -5.85. The van der Waals surface area contributed by atoms with Crippen molar-refractivity contribution in [2.75, 3.05) is 6.54 Å². The lowest BCUT2D eigenvalue weighted by Gasteiger charge is -2.30. The summed E-state index contributed by atoms with van der Waals surface area (Å²) in [6.45, 7) is 7.15. The maximum atomic E-state index is 13.0. The molecule has 3 rings (SSSR count). The van der Waals surface area contributed by atoms with Gasteiger partial charge in [0.25, 0.3) is 0 Å². The molecule has 1 atom stereocenters. The van der Waals surface area contributed by atoms with Gasteiger partial charge in [0.2, 0.25) is 5.88 Å². The summed E-state index contributed by atoms with van der Waals surface area (Å²) in [5.74, 6) is -0.391. The van der Waals surface area contributed by atoms with Gasteiger partial charge in [-0.25, -0.2) is 9.48 Å². The summed E-state index contributed by atoms with van der Waals surface area (Å²) >= 11 is 0. The van der Waals surface area contributed by atoms with Crippen LogP contribution < -0.4 is 4.18 Å². The van der Waals surface area contributed by atoms with Crippen molar-refractivity contribution in [3.8, 4) is 5.88 Å². The summed E-state index contributed by atoms with van der Waals surface area (Å²) < 4.78 is 74.0. The molecule has 0 spiro atoms. The zero-order valence-electron chi connectivity index (χ0n) is 18.0. The molecule has 0 saturated heterocycles. The van der Waals surface area contributed by atoms with Crippen molar-refractivity contribution in [2.45, 2.75) is 89.4 Å². The van der Waals surface area contributed by atoms with Gasteiger partial charge in [0.15, 0.2) is 0 Å². The standard InChI is InChI=1S/C19H28F3N3O5S/c1-12-11-15-14(9-10-24(12)17(26)29-18(2,3)4)16(30-31(27,28)19(20,21)22)25(23-15)13-7-5-6-8-13/h12-13H,5-11H2,1-4H3. The SMILES string of the molecule is CC1Cc2nn(C3CCCC3)c(OS(=O)(=O)C(F)(F)F)c2CCN1C(=O)OC(C)(C)C. The van der Waals surface area contributed by atoms with Crippen LogP contribution in [-0.4, -0.2) is 52.9 Å². The normalized spacial score (nSPS) is 21.0. The van der Waals surface area contributed by atoms with Gasteiger partial charge in [-0.3, -0.25) is 0 Å². The maximum absolute atomic E-state index is 13.0. The number of alkyl halides is 3. The van der Waals surface area contributed by atoms with Crippen molar-refractivity contribution >= 4 is 16.2 Å². The van der Waals surface area contributed by atoms with Crippen LogP contribution in [0.15, 0.2) is 0 Å². The van der Waals surface area contributed by atoms with Gasteiger partial charge in [0.05, 0.1) is 11.7 Å². The third-order valence-corrected chi connectivity index (χ3v) is 6.38. The van der Waals surface area contributed by atoms with Gasteiger partial charge in [0, 0.05) is 24.6 Å². The molecule has 1 aliphatic heterocycles. The predicted octanol–water partition coefficient (Wildman–Crippen LogP) is 3.95. The predicted molar refractivity (Wildman–Crippen MR) is 105 cm³/mol. The van der Waals surface area contributed by atoms with Crippen LogP contribution in [0.5, 0.6) is 5.88 Å². The highest BCUT2D eigenvalue weighted by Crippen LogP contribution is 2.39. The molecule has 0 radical (unpaired) electrons. The van der Waals surface area contributed by atoms with Crippen LogP contribution in [0.2, 0.25) is 0 Å². The first-order valence-corrected chi connectivity index (χ1v) is 11.7. The summed E-state index contributed by atoms with van der Waals surface area (Å²) in [4.78, 5) is 14.1. The number of amides is 1. The highest BCUT2D eigenvalue weighted by molar-refractivity contribution is 7.87. The van der Waals surface area contributed by atoms with Crippen LogP contribution in [0.25, 0.3) is 0 Å². The second kappa shape index (κ2) is 8.18. The zero-order chi connectivity index (χ0) is 23.2. The zero-order valence-corrected chi connectivity index (χ0v) is 18.8. The number of hydrogen-bond acceptors (Lipinski definition) is 6. The van der Waals surface area contributed by atoms with Crippen molar-refractivity contribution in [3.63, 3.8) is 0 Å². The molecule has 0 aromatic carbocycles. The third kappa shape index (κ3) is 5.09. The van der Waals surface area contributed by atoms with Crippen LogP contribution in [0.1, 0.15) is 70.7 Å². The van der Waals surface area contributed by atoms with E-state index in [0.717, 1.165) is 12.8 Å². The lowest BCUT2D eigenvalue weighted by molar-refractivity contribution is -0.0503. The molecule has 2 heterocycles. The first-order chi connectivity index (χ1) is 14.2. The van der Waals surface area contributed by atoms with Gasteiger partial charge in [-0.2, -0.15) is 26.7 Å². The summed E-state index contributed by atoms with van der Waals surface area (Å²) in [6.07, 6.45) is 2.93. The fourth-order valence-electron chi connectivity index (χ4n) is 3.98. The Labute approximate surface area is 179 Å². The highest BCUT2D eigenvalue weighted by Gasteiger charge is 2.50. The first kappa shape index (κ1) is 23.7. The minimum Gasteiger partial charge on any atom is -0.444 e. The number of carbonyl (C=O) groups is 1. The monoisotopic (exact) mass is 467 g/mol. The Hall–Kier alpha value is -1.98. The van der Waals surface area contributed by atoms with E-state index in [9.17, 15) is 26.4 Å². The first-order valence-electron chi connectivity index (χ1n) is 10.3. The molecule has 176 valence electrons. The molecule has 1 aromatic rings. The average Bonchev–Trinajstić information content (AvgIpc) is 3.18. The molecule has 1 amide bonds. The fourth-order valence-corrected chi connectivity index (χ4v) is 4.46. The molecule has 0 bridgehead atoms. The Morgan fingerprint density at radius 2 is 1.77 bits per heavy atom. The van der Waals surface area contributed by atoms with Gasteiger partial charge in [0.1, 0.15) is 5.60 Å². The second-order valence-electron chi connectivity index (χ2n) is 9.07. The highest BCUT2D eigenvalue weighted by atomic mass is 32.2. The number of ether oxygens (including phenoxy) is 1. The van der Waals surface area contributed by atoms with E-state index in [2.05, 4.69) is 9.28 Å². The smallest absolute Gasteiger partial charge is 0.444 e. The maximum Gasteiger partial charge on any atom is 0.534 e. The van der Waals surface area contributed by atoms with E-state index < -0.39 is 33.2 Å². The summed E-state index contributed by atoms with van der Waals surface area (Å²) in [5, 5.41) is 4.46. The molecule has 0 N–H and O–H groups in total. The van der Waals surface area contributed by atoms with E-state index in [-0.39, 0.29) is 37.0 Å². The molecule has 1 saturated carbocycles. The molecule has 1 fully saturated rings. The van der Waals surface area contributed by atoms with Gasteiger partial charge in [-0.1, -0.05) is 12.8 Å². The molecular formula is C19H28F3N3O5S. The Bertz CT molecular complexity index is 931. The summed E-state index contributed by atoms with van der Waals surface area (Å²) in [5.41, 5.74) is -5.52. The molecule has 1 unspecified atom stereocenters. The number of hydrogen-bond donors (Lipinski definition) is 0. The fraction of sp³-hybridized carbons (Fsp3) is 0.789. The number of rotatable bonds is 3. The van der Waals surface area contributed by atoms with Crippen LogP contribution in [0.4, 0.5) is 18.0 Å². The van der Waals surface area contributed by atoms with Gasteiger partial charge < -0.3 is 13.8 Å². The quantitative estimate of drug-likeness (QED) is 0.494. The van der Waals surface area contributed by atoms with E-state index in [1.54, 1.807) is 27.7 Å². The minimum absolute atomic E-state index is 0.106. The van der Waals surface area contributed by atoms with Crippen LogP contribution in [0, 0.1) is 0 Å². The molecule has 31 heavy (non-hydrogen) atoms. The topological polar surface area (TPSA) is 90.7 Å². The molecule has 1 aliphatic carbocycles. The Morgan fingerprint density at radius 1 is 1.16 bits per heavy atom. The largest absolute Gasteiger partial charge is 0.534 e. The Kier molecular flexibility index (Phi) is 6.25. The summed E-state index contributed by atoms with van der Waals surface area (Å²) in [7, 11) is -5.85. The molecule has 8 nitrogen and oxygen atoms in total. The lowest BCUT2D eigenvalue weighted by Crippen LogP contribution is -2.43. The molecule has 2 aliphatic rings. The summed E-state index contributed by atoms with van der Waals surface area (Å²) in [6, 6.07) is -0.558. The van der Waals surface area contributed by atoms with E-state index >= 15 is 0 Å². The van der Waals surface area contributed by atoms with E-state index in [4.69, 9.17) is 4.74 Å². The molecule has 1 aromatic heterocycles. The van der Waals surface area contributed by atoms with Crippen molar-refractivity contribution in [3.05, 3.63) is 11.3 Å². The Morgan fingerprint density at radius 3 is 2.32 bits per heavy atom. The Balaban J connectivity index is 1.96. The van der Waals surface area contributed by atoms with Crippen LogP contribution in [0.3, 0.4) is 0 Å². The number of halogens is 3.